The molecule has 18 heavy (non-hydrogen) atoms. The molecule has 1 N–H and O–H groups in total. The minimum Gasteiger partial charge on any atom is -0.496 e. The van der Waals surface area contributed by atoms with Crippen LogP contribution >= 0.6 is 0 Å². The Bertz CT molecular complexity index is 492. The molecule has 1 aromatic carbocycles. The first-order valence-corrected chi connectivity index (χ1v) is 5.93. The molecule has 0 aromatic heterocycles. The lowest BCUT2D eigenvalue weighted by Crippen LogP contribution is -2.17. The Morgan fingerprint density at radius 3 is 2.67 bits per heavy atom. The Kier molecular flexibility index (Phi) is 3.98. The van der Waals surface area contributed by atoms with Crippen LogP contribution < -0.4 is 5.32 Å². The monoisotopic (exact) mass is 242 g/mol. The molecule has 1 aliphatic heterocycles. The number of rotatable bonds is 2. The van der Waals surface area contributed by atoms with Gasteiger partial charge in [0.2, 0.25) is 0 Å². The fourth-order valence-corrected chi connectivity index (χ4v) is 1.81. The topological polar surface area (TPSA) is 62.1 Å². The minimum absolute atomic E-state index is 0.0820. The number of amides is 1. The SMILES string of the molecule is N#C/C(C(=O)Nc1ccccc1)=C1/CCCCO1. The lowest BCUT2D eigenvalue weighted by molar-refractivity contribution is -0.112. The summed E-state index contributed by atoms with van der Waals surface area (Å²) in [6.07, 6.45) is 2.59. The summed E-state index contributed by atoms with van der Waals surface area (Å²) in [7, 11) is 0. The van der Waals surface area contributed by atoms with Crippen molar-refractivity contribution in [3.8, 4) is 6.07 Å². The predicted molar refractivity (Wildman–Crippen MR) is 67.5 cm³/mol. The van der Waals surface area contributed by atoms with Gasteiger partial charge in [-0.3, -0.25) is 4.79 Å². The number of nitriles is 1. The lowest BCUT2D eigenvalue weighted by Gasteiger charge is -2.17. The highest BCUT2D eigenvalue weighted by atomic mass is 16.5. The largest absolute Gasteiger partial charge is 0.496 e. The minimum atomic E-state index is -0.402. The van der Waals surface area contributed by atoms with Crippen LogP contribution in [0.25, 0.3) is 0 Å². The average molecular weight is 242 g/mol. The molecule has 92 valence electrons. The summed E-state index contributed by atoms with van der Waals surface area (Å²) < 4.78 is 5.39. The van der Waals surface area contributed by atoms with Crippen LogP contribution in [0.2, 0.25) is 0 Å². The highest BCUT2D eigenvalue weighted by Crippen LogP contribution is 2.20. The van der Waals surface area contributed by atoms with E-state index in [1.165, 1.54) is 0 Å². The van der Waals surface area contributed by atoms with Gasteiger partial charge in [-0.2, -0.15) is 5.26 Å². The third-order valence-corrected chi connectivity index (χ3v) is 2.72. The highest BCUT2D eigenvalue weighted by Gasteiger charge is 2.19. The zero-order valence-corrected chi connectivity index (χ0v) is 9.98. The van der Waals surface area contributed by atoms with Gasteiger partial charge < -0.3 is 10.1 Å². The molecule has 1 aliphatic rings. The second-order valence-corrected chi connectivity index (χ2v) is 4.04. The summed E-state index contributed by atoms with van der Waals surface area (Å²) in [4.78, 5) is 12.0. The van der Waals surface area contributed by atoms with E-state index in [9.17, 15) is 4.79 Å². The molecule has 1 aromatic rings. The molecule has 0 bridgehead atoms. The molecule has 0 spiro atoms. The maximum absolute atomic E-state index is 12.0. The van der Waals surface area contributed by atoms with E-state index < -0.39 is 5.91 Å². The van der Waals surface area contributed by atoms with Crippen molar-refractivity contribution in [1.82, 2.24) is 0 Å². The first kappa shape index (κ1) is 12.2. The number of anilines is 1. The quantitative estimate of drug-likeness (QED) is 0.640. The number of hydrogen-bond acceptors (Lipinski definition) is 3. The van der Waals surface area contributed by atoms with Crippen LogP contribution in [-0.2, 0) is 9.53 Å². The van der Waals surface area contributed by atoms with Gasteiger partial charge in [-0.25, -0.2) is 0 Å². The van der Waals surface area contributed by atoms with Crippen molar-refractivity contribution >= 4 is 11.6 Å². The molecule has 1 fully saturated rings. The van der Waals surface area contributed by atoms with Gasteiger partial charge in [0.05, 0.1) is 6.61 Å². The number of nitrogens with one attached hydrogen (secondary N) is 1. The molecule has 0 atom stereocenters. The number of carbonyl (C=O) groups is 1. The second kappa shape index (κ2) is 5.87. The lowest BCUT2D eigenvalue weighted by atomic mass is 10.1. The second-order valence-electron chi connectivity index (χ2n) is 4.04. The average Bonchev–Trinajstić information content (AvgIpc) is 2.42. The van der Waals surface area contributed by atoms with E-state index in [0.29, 0.717) is 24.5 Å². The Morgan fingerprint density at radius 2 is 2.06 bits per heavy atom. The van der Waals surface area contributed by atoms with Gasteiger partial charge in [-0.05, 0) is 25.0 Å². The standard InChI is InChI=1S/C14H14N2O2/c15-10-12(13-8-4-5-9-18-13)14(17)16-11-6-2-1-3-7-11/h1-3,6-7H,4-5,8-9H2,(H,16,17)/b13-12+. The van der Waals surface area contributed by atoms with E-state index in [0.717, 1.165) is 12.8 Å². The number of allylic oxidation sites excluding steroid dienone is 1. The third kappa shape index (κ3) is 2.89. The first-order valence-electron chi connectivity index (χ1n) is 5.93. The van der Waals surface area contributed by atoms with E-state index in [4.69, 9.17) is 10.00 Å². The maximum Gasteiger partial charge on any atom is 0.269 e. The summed E-state index contributed by atoms with van der Waals surface area (Å²) >= 11 is 0. The van der Waals surface area contributed by atoms with Gasteiger partial charge in [-0.15, -0.1) is 0 Å². The van der Waals surface area contributed by atoms with Gasteiger partial charge in [0.25, 0.3) is 5.91 Å². The van der Waals surface area contributed by atoms with Crippen molar-refractivity contribution in [2.45, 2.75) is 19.3 Å². The summed E-state index contributed by atoms with van der Waals surface area (Å²) in [6.45, 7) is 0.582. The van der Waals surface area contributed by atoms with Crippen molar-refractivity contribution < 1.29 is 9.53 Å². The van der Waals surface area contributed by atoms with Crippen LogP contribution in [0, 0.1) is 11.3 Å². The Balaban J connectivity index is 2.14. The molecule has 1 saturated heterocycles. The summed E-state index contributed by atoms with van der Waals surface area (Å²) in [5.41, 5.74) is 0.755. The molecule has 1 amide bonds. The fourth-order valence-electron chi connectivity index (χ4n) is 1.81. The third-order valence-electron chi connectivity index (χ3n) is 2.72. The van der Waals surface area contributed by atoms with Crippen molar-refractivity contribution in [2.24, 2.45) is 0 Å². The summed E-state index contributed by atoms with van der Waals surface area (Å²) in [5, 5.41) is 11.8. The van der Waals surface area contributed by atoms with Crippen LogP contribution in [0.1, 0.15) is 19.3 Å². The fraction of sp³-hybridized carbons (Fsp3) is 0.286. The van der Waals surface area contributed by atoms with Crippen LogP contribution in [0.4, 0.5) is 5.69 Å². The molecule has 4 heteroatoms. The van der Waals surface area contributed by atoms with E-state index >= 15 is 0 Å². The van der Waals surface area contributed by atoms with E-state index in [-0.39, 0.29) is 5.57 Å². The molecule has 0 unspecified atom stereocenters. The van der Waals surface area contributed by atoms with E-state index in [1.54, 1.807) is 12.1 Å². The van der Waals surface area contributed by atoms with Crippen LogP contribution in [0.5, 0.6) is 0 Å². The van der Waals surface area contributed by atoms with Crippen molar-refractivity contribution in [3.05, 3.63) is 41.7 Å². The molecule has 0 aliphatic carbocycles. The highest BCUT2D eigenvalue weighted by molar-refractivity contribution is 6.06. The Labute approximate surface area is 106 Å². The zero-order chi connectivity index (χ0) is 12.8. The van der Waals surface area contributed by atoms with Gasteiger partial charge in [-0.1, -0.05) is 18.2 Å². The van der Waals surface area contributed by atoms with Crippen LogP contribution in [0.15, 0.2) is 41.7 Å². The predicted octanol–water partition coefficient (Wildman–Crippen LogP) is 2.60. The number of carbonyl (C=O) groups excluding carboxylic acids is 1. The molecule has 4 nitrogen and oxygen atoms in total. The number of benzene rings is 1. The Morgan fingerprint density at radius 1 is 1.28 bits per heavy atom. The van der Waals surface area contributed by atoms with Crippen LogP contribution in [-0.4, -0.2) is 12.5 Å². The zero-order valence-electron chi connectivity index (χ0n) is 9.98. The van der Waals surface area contributed by atoms with Gasteiger partial charge in [0.15, 0.2) is 5.57 Å². The number of para-hydroxylation sites is 1. The maximum atomic E-state index is 12.0. The molecular formula is C14H14N2O2. The smallest absolute Gasteiger partial charge is 0.269 e. The molecule has 1 heterocycles. The van der Waals surface area contributed by atoms with Crippen molar-refractivity contribution in [1.29, 1.82) is 5.26 Å². The number of hydrogen-bond donors (Lipinski definition) is 1. The first-order chi connectivity index (χ1) is 8.81. The van der Waals surface area contributed by atoms with Crippen LogP contribution in [0.3, 0.4) is 0 Å². The van der Waals surface area contributed by atoms with Gasteiger partial charge in [0, 0.05) is 12.1 Å². The van der Waals surface area contributed by atoms with Crippen molar-refractivity contribution in [2.75, 3.05) is 11.9 Å². The van der Waals surface area contributed by atoms with Crippen molar-refractivity contribution in [3.63, 3.8) is 0 Å². The van der Waals surface area contributed by atoms with Gasteiger partial charge >= 0.3 is 0 Å². The summed E-state index contributed by atoms with van der Waals surface area (Å²) in [5.74, 6) is 0.109. The number of nitrogens with zero attached hydrogens (tertiary/aromatic N) is 1. The van der Waals surface area contributed by atoms with E-state index in [1.807, 2.05) is 24.3 Å². The number of ether oxygens (including phenoxy) is 1. The molecule has 0 saturated carbocycles. The molecular weight excluding hydrogens is 228 g/mol. The van der Waals surface area contributed by atoms with E-state index in [2.05, 4.69) is 5.32 Å². The molecule has 2 rings (SSSR count). The van der Waals surface area contributed by atoms with Gasteiger partial charge in [0.1, 0.15) is 11.8 Å². The Hall–Kier alpha value is -2.28. The normalized spacial score (nSPS) is 17.3. The summed E-state index contributed by atoms with van der Waals surface area (Å²) in [6, 6.07) is 11.0. The molecule has 0 radical (unpaired) electrons.